The van der Waals surface area contributed by atoms with Crippen molar-refractivity contribution >= 4 is 5.91 Å². The lowest BCUT2D eigenvalue weighted by molar-refractivity contribution is 0.0996. The van der Waals surface area contributed by atoms with Gasteiger partial charge in [0.2, 0.25) is 0 Å². The van der Waals surface area contributed by atoms with E-state index in [1.165, 1.54) is 11.1 Å². The van der Waals surface area contributed by atoms with Crippen LogP contribution in [0.25, 0.3) is 22.3 Å². The zero-order chi connectivity index (χ0) is 22.7. The van der Waals surface area contributed by atoms with Crippen molar-refractivity contribution in [2.75, 3.05) is 14.1 Å². The molecule has 2 aromatic heterocycles. The van der Waals surface area contributed by atoms with Crippen LogP contribution in [0, 0.1) is 6.92 Å². The fourth-order valence-corrected chi connectivity index (χ4v) is 3.81. The number of primary amides is 1. The monoisotopic (exact) mass is 425 g/mol. The molecule has 0 radical (unpaired) electrons. The van der Waals surface area contributed by atoms with Gasteiger partial charge in [0.05, 0.1) is 5.69 Å². The predicted molar refractivity (Wildman–Crippen MR) is 127 cm³/mol. The maximum Gasteiger partial charge on any atom is 0.269 e. The molecule has 6 nitrogen and oxygen atoms in total. The van der Waals surface area contributed by atoms with Crippen LogP contribution < -0.4 is 5.73 Å². The fraction of sp³-hybridized carbons (Fsp3) is 0.192. The van der Waals surface area contributed by atoms with Gasteiger partial charge in [-0.05, 0) is 55.8 Å². The first-order valence-corrected chi connectivity index (χ1v) is 10.5. The summed E-state index contributed by atoms with van der Waals surface area (Å²) in [4.78, 5) is 18.3. The van der Waals surface area contributed by atoms with Crippen molar-refractivity contribution in [1.29, 1.82) is 0 Å². The van der Waals surface area contributed by atoms with Gasteiger partial charge < -0.3 is 10.6 Å². The van der Waals surface area contributed by atoms with E-state index in [-0.39, 0.29) is 5.69 Å². The number of nitrogens with zero attached hydrogens (tertiary/aromatic N) is 3. The summed E-state index contributed by atoms with van der Waals surface area (Å²) in [6, 6.07) is 21.0. The average molecular weight is 426 g/mol. The number of nitrogens with one attached hydrogen (secondary N) is 1. The number of amides is 1. The number of hydrogen-bond acceptors (Lipinski definition) is 4. The lowest BCUT2D eigenvalue weighted by Crippen LogP contribution is -2.12. The molecular weight excluding hydrogens is 398 g/mol. The minimum absolute atomic E-state index is 0.273. The highest BCUT2D eigenvalue weighted by Gasteiger charge is 2.16. The van der Waals surface area contributed by atoms with Crippen molar-refractivity contribution in [2.24, 2.45) is 5.73 Å². The first-order chi connectivity index (χ1) is 15.4. The first kappa shape index (κ1) is 21.5. The third-order valence-electron chi connectivity index (χ3n) is 5.42. The molecule has 2 heterocycles. The molecule has 0 unspecified atom stereocenters. The quantitative estimate of drug-likeness (QED) is 0.465. The second kappa shape index (κ2) is 9.16. The van der Waals surface area contributed by atoms with E-state index in [4.69, 9.17) is 5.73 Å². The summed E-state index contributed by atoms with van der Waals surface area (Å²) in [6.07, 6.45) is 2.76. The van der Waals surface area contributed by atoms with Crippen LogP contribution in [-0.2, 0) is 13.0 Å². The standard InChI is InChI=1S/C26H27N5O/c1-17-24(25(26(27)32)30-29-17)21-10-6-19(7-11-21)14-18-4-8-20(9-5-18)22-12-13-23(28-15-22)16-31(2)3/h4-13,15H,14,16H2,1-3H3,(H2,27,32)(H,29,30). The van der Waals surface area contributed by atoms with Crippen LogP contribution in [0.5, 0.6) is 0 Å². The number of aromatic amines is 1. The normalized spacial score (nSPS) is 11.1. The largest absolute Gasteiger partial charge is 0.364 e. The number of aromatic nitrogens is 3. The topological polar surface area (TPSA) is 87.9 Å². The smallest absolute Gasteiger partial charge is 0.269 e. The highest BCUT2D eigenvalue weighted by molar-refractivity contribution is 5.98. The molecule has 0 bridgehead atoms. The maximum absolute atomic E-state index is 11.6. The van der Waals surface area contributed by atoms with Gasteiger partial charge in [-0.1, -0.05) is 54.6 Å². The Morgan fingerprint density at radius 1 is 0.906 bits per heavy atom. The van der Waals surface area contributed by atoms with Gasteiger partial charge >= 0.3 is 0 Å². The van der Waals surface area contributed by atoms with E-state index in [9.17, 15) is 4.79 Å². The van der Waals surface area contributed by atoms with E-state index >= 15 is 0 Å². The van der Waals surface area contributed by atoms with Gasteiger partial charge in [0, 0.05) is 29.6 Å². The summed E-state index contributed by atoms with van der Waals surface area (Å²) in [5, 5.41) is 6.87. The Balaban J connectivity index is 1.46. The van der Waals surface area contributed by atoms with Crippen LogP contribution in [-0.4, -0.2) is 40.1 Å². The number of pyridine rings is 1. The van der Waals surface area contributed by atoms with Crippen molar-refractivity contribution < 1.29 is 4.79 Å². The minimum Gasteiger partial charge on any atom is -0.364 e. The summed E-state index contributed by atoms with van der Waals surface area (Å²) in [5.74, 6) is -0.531. The third-order valence-corrected chi connectivity index (χ3v) is 5.42. The van der Waals surface area contributed by atoms with E-state index in [2.05, 4.69) is 68.6 Å². The highest BCUT2D eigenvalue weighted by Crippen LogP contribution is 2.27. The SMILES string of the molecule is Cc1[nH]nc(C(N)=O)c1-c1ccc(Cc2ccc(-c3ccc(CN(C)C)nc3)cc2)cc1. The highest BCUT2D eigenvalue weighted by atomic mass is 16.1. The zero-order valence-electron chi connectivity index (χ0n) is 18.6. The Bertz CT molecular complexity index is 1210. The van der Waals surface area contributed by atoms with Crippen LogP contribution in [0.15, 0.2) is 66.9 Å². The molecule has 3 N–H and O–H groups in total. The predicted octanol–water partition coefficient (Wildman–Crippen LogP) is 4.20. The average Bonchev–Trinajstić information content (AvgIpc) is 3.17. The molecule has 2 aromatic carbocycles. The van der Waals surface area contributed by atoms with Crippen molar-refractivity contribution in [3.05, 3.63) is 95.1 Å². The number of aryl methyl sites for hydroxylation is 1. The lowest BCUT2D eigenvalue weighted by atomic mass is 9.98. The van der Waals surface area contributed by atoms with Crippen LogP contribution in [0.1, 0.15) is 33.0 Å². The molecule has 0 saturated carbocycles. The second-order valence-electron chi connectivity index (χ2n) is 8.28. The molecule has 6 heteroatoms. The Labute approximate surface area is 188 Å². The molecule has 0 atom stereocenters. The number of carbonyl (C=O) groups excluding carboxylic acids is 1. The Morgan fingerprint density at radius 3 is 2.03 bits per heavy atom. The number of hydrogen-bond donors (Lipinski definition) is 2. The fourth-order valence-electron chi connectivity index (χ4n) is 3.81. The molecule has 162 valence electrons. The molecule has 0 aliphatic rings. The van der Waals surface area contributed by atoms with E-state index in [1.807, 2.05) is 39.3 Å². The Hall–Kier alpha value is -3.77. The van der Waals surface area contributed by atoms with E-state index in [0.717, 1.165) is 46.6 Å². The van der Waals surface area contributed by atoms with Crippen LogP contribution in [0.2, 0.25) is 0 Å². The van der Waals surface area contributed by atoms with Crippen molar-refractivity contribution in [3.63, 3.8) is 0 Å². The van der Waals surface area contributed by atoms with E-state index < -0.39 is 5.91 Å². The van der Waals surface area contributed by atoms with Gasteiger partial charge in [-0.2, -0.15) is 5.10 Å². The van der Waals surface area contributed by atoms with Gasteiger partial charge in [0.1, 0.15) is 0 Å². The molecule has 0 fully saturated rings. The molecule has 4 rings (SSSR count). The number of nitrogens with two attached hydrogens (primary N) is 1. The number of carbonyl (C=O) groups is 1. The van der Waals surface area contributed by atoms with Crippen molar-refractivity contribution in [1.82, 2.24) is 20.1 Å². The number of rotatable bonds is 7. The molecule has 0 aliphatic carbocycles. The van der Waals surface area contributed by atoms with Gasteiger partial charge in [-0.3, -0.25) is 14.9 Å². The molecule has 0 aliphatic heterocycles. The van der Waals surface area contributed by atoms with Gasteiger partial charge in [0.15, 0.2) is 5.69 Å². The summed E-state index contributed by atoms with van der Waals surface area (Å²) < 4.78 is 0. The Kier molecular flexibility index (Phi) is 6.14. The van der Waals surface area contributed by atoms with Gasteiger partial charge in [0.25, 0.3) is 5.91 Å². The van der Waals surface area contributed by atoms with Gasteiger partial charge in [-0.15, -0.1) is 0 Å². The molecule has 0 saturated heterocycles. The summed E-state index contributed by atoms with van der Waals surface area (Å²) in [7, 11) is 4.08. The number of benzene rings is 2. The first-order valence-electron chi connectivity index (χ1n) is 10.5. The van der Waals surface area contributed by atoms with E-state index in [0.29, 0.717) is 0 Å². The zero-order valence-corrected chi connectivity index (χ0v) is 18.6. The molecular formula is C26H27N5O. The van der Waals surface area contributed by atoms with Crippen molar-refractivity contribution in [3.8, 4) is 22.3 Å². The third kappa shape index (κ3) is 4.76. The maximum atomic E-state index is 11.6. The second-order valence-corrected chi connectivity index (χ2v) is 8.28. The summed E-state index contributed by atoms with van der Waals surface area (Å²) >= 11 is 0. The molecule has 0 spiro atoms. The van der Waals surface area contributed by atoms with Crippen LogP contribution in [0.3, 0.4) is 0 Å². The summed E-state index contributed by atoms with van der Waals surface area (Å²) in [5.41, 5.74) is 14.0. The molecule has 1 amide bonds. The van der Waals surface area contributed by atoms with Crippen LogP contribution >= 0.6 is 0 Å². The van der Waals surface area contributed by atoms with E-state index in [1.54, 1.807) is 0 Å². The Morgan fingerprint density at radius 2 is 1.50 bits per heavy atom. The summed E-state index contributed by atoms with van der Waals surface area (Å²) in [6.45, 7) is 2.72. The van der Waals surface area contributed by atoms with Gasteiger partial charge in [-0.25, -0.2) is 0 Å². The van der Waals surface area contributed by atoms with Crippen LogP contribution in [0.4, 0.5) is 0 Å². The minimum atomic E-state index is -0.531. The molecule has 4 aromatic rings. The van der Waals surface area contributed by atoms with Crippen molar-refractivity contribution in [2.45, 2.75) is 19.9 Å². The molecule has 32 heavy (non-hydrogen) atoms. The lowest BCUT2D eigenvalue weighted by Gasteiger charge is -2.10. The number of H-pyrrole nitrogens is 1.